The van der Waals surface area contributed by atoms with Crippen molar-refractivity contribution < 1.29 is 33.0 Å². The fourth-order valence-corrected chi connectivity index (χ4v) is 5.50. The van der Waals surface area contributed by atoms with Crippen molar-refractivity contribution in [1.82, 2.24) is 9.88 Å². The van der Waals surface area contributed by atoms with Crippen LogP contribution in [0.3, 0.4) is 0 Å². The number of amides is 1. The Labute approximate surface area is 253 Å². The Hall–Kier alpha value is -4.10. The Morgan fingerprint density at radius 3 is 2.30 bits per heavy atom. The van der Waals surface area contributed by atoms with E-state index < -0.39 is 57.8 Å². The molecule has 0 radical (unpaired) electrons. The topological polar surface area (TPSA) is 173 Å². The molecule has 2 saturated heterocycles. The molecular formula is C31H39F2N5O6. The van der Waals surface area contributed by atoms with Gasteiger partial charge in [-0.25, -0.2) is 13.6 Å². The first kappa shape index (κ1) is 32.8. The predicted octanol–water partition coefficient (Wildman–Crippen LogP) is 3.19. The van der Waals surface area contributed by atoms with Crippen LogP contribution in [0, 0.1) is 11.6 Å². The van der Waals surface area contributed by atoms with E-state index in [1.165, 1.54) is 4.57 Å². The maximum atomic E-state index is 15.6. The Morgan fingerprint density at radius 2 is 1.75 bits per heavy atom. The molecule has 1 amide bonds. The molecule has 0 unspecified atom stereocenters. The Balaban J connectivity index is 0.000000236. The third-order valence-electron chi connectivity index (χ3n) is 7.73. The normalized spacial score (nSPS) is 23.2. The summed E-state index contributed by atoms with van der Waals surface area (Å²) in [5, 5.41) is 12.2. The van der Waals surface area contributed by atoms with Crippen molar-refractivity contribution in [2.75, 3.05) is 23.7 Å². The molecule has 0 bridgehead atoms. The van der Waals surface area contributed by atoms with Crippen LogP contribution in [0.15, 0.2) is 35.3 Å². The van der Waals surface area contributed by atoms with Gasteiger partial charge in [0.2, 0.25) is 11.3 Å². The molecule has 44 heavy (non-hydrogen) atoms. The molecule has 4 atom stereocenters. The van der Waals surface area contributed by atoms with Crippen molar-refractivity contribution in [3.8, 4) is 0 Å². The number of carbonyl (C=O) groups is 3. The number of anilines is 2. The fraction of sp³-hybridized carbons (Fsp3) is 0.484. The fourth-order valence-electron chi connectivity index (χ4n) is 5.50. The number of primary amides is 1. The minimum Gasteiger partial charge on any atom is -0.477 e. The van der Waals surface area contributed by atoms with Crippen molar-refractivity contribution >= 4 is 39.9 Å². The van der Waals surface area contributed by atoms with Crippen molar-refractivity contribution in [2.24, 2.45) is 5.73 Å². The average Bonchev–Trinajstić information content (AvgIpc) is 3.87. The van der Waals surface area contributed by atoms with Gasteiger partial charge in [-0.2, -0.15) is 0 Å². The van der Waals surface area contributed by atoms with Crippen LogP contribution >= 0.6 is 0 Å². The number of pyridine rings is 1. The number of carbonyl (C=O) groups excluding carboxylic acids is 2. The minimum atomic E-state index is -1.45. The van der Waals surface area contributed by atoms with Crippen molar-refractivity contribution in [1.29, 1.82) is 0 Å². The van der Waals surface area contributed by atoms with E-state index in [0.29, 0.717) is 25.9 Å². The monoisotopic (exact) mass is 615 g/mol. The summed E-state index contributed by atoms with van der Waals surface area (Å²) in [5.41, 5.74) is 8.53. The van der Waals surface area contributed by atoms with Gasteiger partial charge < -0.3 is 36.1 Å². The van der Waals surface area contributed by atoms with E-state index in [4.69, 9.17) is 16.2 Å². The first-order chi connectivity index (χ1) is 20.9. The number of rotatable bonds is 10. The number of allylic oxidation sites excluding steroid dienone is 4. The molecule has 238 valence electrons. The molecule has 3 aliphatic rings. The number of fused-ring (bicyclic) bond motifs is 1. The average molecular weight is 616 g/mol. The SMILES string of the molecule is C/C=C/C/C=C/CCC(=O)[C@H]1O[C@H]1C(N)=O.C[C@@H]1CN(c2c(F)c(N)c3c(=O)c(C(=O)O)cn(C4CC4)c3c2F)C[C@H](C)N1. The van der Waals surface area contributed by atoms with E-state index in [-0.39, 0.29) is 35.1 Å². The number of ketones is 1. The number of ether oxygens (including phenoxy) is 1. The summed E-state index contributed by atoms with van der Waals surface area (Å²) in [5.74, 6) is -3.94. The van der Waals surface area contributed by atoms with Gasteiger partial charge >= 0.3 is 5.97 Å². The standard InChI is InChI=1S/C19H22F2N4O3.C12H17NO3/c1-8-5-24(6-9(2)23-8)17-13(20)15(22)12-16(14(17)21)25(10-3-4-10)7-11(18(12)26)19(27)28;1-2-3-4-5-6-7-8-9(14)10-11(16-10)12(13)15/h7-10,23H,3-6,22H2,1-2H3,(H,27,28);2-3,5-6,10-11H,4,7-8H2,1H3,(H2,13,15)/b;3-2+,6-5+/t8-,9+;10-,11-/m.1/s1. The van der Waals surface area contributed by atoms with Gasteiger partial charge in [-0.05, 0) is 46.5 Å². The molecule has 0 spiro atoms. The second kappa shape index (κ2) is 13.7. The third kappa shape index (κ3) is 7.16. The first-order valence-corrected chi connectivity index (χ1v) is 14.7. The lowest BCUT2D eigenvalue weighted by atomic mass is 10.0. The van der Waals surface area contributed by atoms with Crippen molar-refractivity contribution in [3.63, 3.8) is 0 Å². The van der Waals surface area contributed by atoms with Gasteiger partial charge in [0.1, 0.15) is 11.3 Å². The second-order valence-electron chi connectivity index (χ2n) is 11.5. The Morgan fingerprint density at radius 1 is 1.09 bits per heavy atom. The first-order valence-electron chi connectivity index (χ1n) is 14.7. The lowest BCUT2D eigenvalue weighted by Gasteiger charge is -2.38. The molecule has 6 N–H and O–H groups in total. The van der Waals surface area contributed by atoms with E-state index in [1.807, 2.05) is 45.1 Å². The molecule has 1 saturated carbocycles. The molecule has 1 aliphatic carbocycles. The summed E-state index contributed by atoms with van der Waals surface area (Å²) in [6.07, 6.45) is 11.3. The summed E-state index contributed by atoms with van der Waals surface area (Å²) in [7, 11) is 0. The largest absolute Gasteiger partial charge is 0.477 e. The molecule has 2 aromatic rings. The molecule has 3 fully saturated rings. The number of piperazine rings is 1. The number of nitrogen functional groups attached to an aromatic ring is 1. The maximum absolute atomic E-state index is 15.6. The van der Waals surface area contributed by atoms with Gasteiger partial charge in [0.15, 0.2) is 29.6 Å². The van der Waals surface area contributed by atoms with Crippen molar-refractivity contribution in [2.45, 2.75) is 83.2 Å². The zero-order chi connectivity index (χ0) is 32.3. The van der Waals surface area contributed by atoms with Gasteiger partial charge in [0.25, 0.3) is 0 Å². The predicted molar refractivity (Wildman–Crippen MR) is 163 cm³/mol. The Kier molecular flexibility index (Phi) is 10.2. The molecule has 1 aromatic carbocycles. The van der Waals surface area contributed by atoms with Crippen LogP contribution in [-0.4, -0.2) is 64.7 Å². The van der Waals surface area contributed by atoms with Gasteiger partial charge in [0.05, 0.1) is 16.6 Å². The van der Waals surface area contributed by atoms with Crippen molar-refractivity contribution in [3.05, 3.63) is 57.9 Å². The summed E-state index contributed by atoms with van der Waals surface area (Å²) >= 11 is 0. The van der Waals surface area contributed by atoms with E-state index in [2.05, 4.69) is 5.32 Å². The zero-order valence-electron chi connectivity index (χ0n) is 25.0. The number of nitrogens with zero attached hydrogens (tertiary/aromatic N) is 2. The van der Waals surface area contributed by atoms with Crippen LogP contribution in [0.2, 0.25) is 0 Å². The quantitative estimate of drug-likeness (QED) is 0.178. The van der Waals surface area contributed by atoms with Gasteiger partial charge in [-0.1, -0.05) is 24.3 Å². The molecule has 3 heterocycles. The van der Waals surface area contributed by atoms with Crippen LogP contribution < -0.4 is 27.1 Å². The lowest BCUT2D eigenvalue weighted by molar-refractivity contribution is -0.121. The number of Topliss-reactive ketones (excluding diaryl/α,β-unsaturated/α-hetero) is 1. The lowest BCUT2D eigenvalue weighted by Crippen LogP contribution is -2.54. The third-order valence-corrected chi connectivity index (χ3v) is 7.73. The number of halogens is 2. The van der Waals surface area contributed by atoms with Gasteiger partial charge in [0, 0.05) is 43.8 Å². The smallest absolute Gasteiger partial charge is 0.341 e. The van der Waals surface area contributed by atoms with Crippen LogP contribution in [-0.2, 0) is 14.3 Å². The summed E-state index contributed by atoms with van der Waals surface area (Å²) in [6, 6.07) is -0.103. The summed E-state index contributed by atoms with van der Waals surface area (Å²) in [4.78, 5) is 47.8. The molecule has 11 nitrogen and oxygen atoms in total. The zero-order valence-corrected chi connectivity index (χ0v) is 25.0. The highest BCUT2D eigenvalue weighted by Crippen LogP contribution is 2.41. The molecule has 5 rings (SSSR count). The molecule has 13 heteroatoms. The van der Waals surface area contributed by atoms with E-state index in [9.17, 15) is 24.3 Å². The molecular weight excluding hydrogens is 576 g/mol. The van der Waals surface area contributed by atoms with E-state index in [0.717, 1.165) is 25.5 Å². The number of carboxylic acids is 1. The molecule has 1 aromatic heterocycles. The number of epoxide rings is 1. The van der Waals surface area contributed by atoms with E-state index >= 15 is 8.78 Å². The number of aromatic carboxylic acids is 1. The van der Waals surface area contributed by atoms with Gasteiger partial charge in [-0.3, -0.25) is 14.4 Å². The van der Waals surface area contributed by atoms with E-state index in [1.54, 1.807) is 4.90 Å². The maximum Gasteiger partial charge on any atom is 0.341 e. The van der Waals surface area contributed by atoms with Crippen LogP contribution in [0.1, 0.15) is 69.3 Å². The van der Waals surface area contributed by atoms with Crippen LogP contribution in [0.4, 0.5) is 20.2 Å². The second-order valence-corrected chi connectivity index (χ2v) is 11.5. The highest BCUT2D eigenvalue weighted by molar-refractivity contribution is 6.00. The Bertz CT molecular complexity index is 1560. The number of carboxylic acid groups (broad SMARTS) is 1. The number of aromatic nitrogens is 1. The number of nitrogens with one attached hydrogen (secondary N) is 1. The summed E-state index contributed by atoms with van der Waals surface area (Å²) in [6.45, 7) is 6.56. The summed E-state index contributed by atoms with van der Waals surface area (Å²) < 4.78 is 37.1. The molecule has 2 aliphatic heterocycles. The highest BCUT2D eigenvalue weighted by Gasteiger charge is 2.48. The highest BCUT2D eigenvalue weighted by atomic mass is 19.1. The van der Waals surface area contributed by atoms with Gasteiger partial charge in [-0.15, -0.1) is 0 Å². The number of benzene rings is 1. The minimum absolute atomic E-state index is 0.0134. The van der Waals surface area contributed by atoms with Crippen LogP contribution in [0.5, 0.6) is 0 Å². The number of hydrogen-bond acceptors (Lipinski definition) is 8. The number of nitrogens with two attached hydrogens (primary N) is 2. The van der Waals surface area contributed by atoms with Crippen LogP contribution in [0.25, 0.3) is 10.9 Å². The number of hydrogen-bond donors (Lipinski definition) is 4.